The summed E-state index contributed by atoms with van der Waals surface area (Å²) in [5.41, 5.74) is 6.95. The summed E-state index contributed by atoms with van der Waals surface area (Å²) >= 11 is 1.65. The minimum atomic E-state index is -0.0548. The average molecular weight is 385 g/mol. The molecule has 3 aliphatic rings. The molecule has 2 aliphatic heterocycles. The van der Waals surface area contributed by atoms with E-state index in [0.29, 0.717) is 25.1 Å². The molecule has 0 radical (unpaired) electrons. The molecule has 142 valence electrons. The monoisotopic (exact) mass is 385 g/mol. The molecule has 2 saturated heterocycles. The molecule has 0 spiro atoms. The number of aromatic nitrogens is 2. The fraction of sp³-hybridized carbons (Fsp3) is 0.526. The predicted molar refractivity (Wildman–Crippen MR) is 101 cm³/mol. The van der Waals surface area contributed by atoms with E-state index in [1.54, 1.807) is 16.4 Å². The molecule has 2 aromatic rings. The van der Waals surface area contributed by atoms with Gasteiger partial charge in [-0.15, -0.1) is 10.2 Å². The Morgan fingerprint density at radius 2 is 1.93 bits per heavy atom. The lowest BCUT2D eigenvalue weighted by atomic mass is 9.81. The minimum Gasteiger partial charge on any atom is -0.328 e. The van der Waals surface area contributed by atoms with Gasteiger partial charge >= 0.3 is 6.03 Å². The van der Waals surface area contributed by atoms with E-state index in [1.165, 1.54) is 0 Å². The van der Waals surface area contributed by atoms with E-state index in [-0.39, 0.29) is 18.1 Å². The molecule has 1 saturated carbocycles. The lowest BCUT2D eigenvalue weighted by Gasteiger charge is -2.30. The van der Waals surface area contributed by atoms with Crippen molar-refractivity contribution in [2.75, 3.05) is 6.54 Å². The third-order valence-corrected chi connectivity index (χ3v) is 6.99. The van der Waals surface area contributed by atoms with Gasteiger partial charge in [0.1, 0.15) is 16.6 Å². The molecule has 5 rings (SSSR count). The molecule has 3 fully saturated rings. The van der Waals surface area contributed by atoms with Gasteiger partial charge in [0.2, 0.25) is 0 Å². The Hall–Kier alpha value is -2.03. The number of hydroxylamine groups is 2. The van der Waals surface area contributed by atoms with Crippen LogP contribution in [-0.4, -0.2) is 44.8 Å². The summed E-state index contributed by atoms with van der Waals surface area (Å²) in [6, 6.07) is 10.3. The van der Waals surface area contributed by atoms with Crippen molar-refractivity contribution in [2.45, 2.75) is 56.3 Å². The van der Waals surface area contributed by atoms with Crippen LogP contribution in [0.15, 0.2) is 30.3 Å². The summed E-state index contributed by atoms with van der Waals surface area (Å²) < 4.78 is 0. The molecule has 2 N–H and O–H groups in total. The Morgan fingerprint density at radius 3 is 2.70 bits per heavy atom. The quantitative estimate of drug-likeness (QED) is 0.855. The van der Waals surface area contributed by atoms with Crippen LogP contribution < -0.4 is 5.73 Å². The Labute approximate surface area is 162 Å². The molecular weight excluding hydrogens is 362 g/mol. The molecule has 1 aromatic carbocycles. The van der Waals surface area contributed by atoms with E-state index in [4.69, 9.17) is 10.6 Å². The first-order valence-corrected chi connectivity index (χ1v) is 10.4. The van der Waals surface area contributed by atoms with Crippen LogP contribution in [0.5, 0.6) is 0 Å². The zero-order valence-corrected chi connectivity index (χ0v) is 15.8. The smallest absolute Gasteiger partial charge is 0.328 e. The van der Waals surface area contributed by atoms with Crippen molar-refractivity contribution >= 4 is 17.4 Å². The van der Waals surface area contributed by atoms with E-state index in [9.17, 15) is 4.79 Å². The molecule has 0 unspecified atom stereocenters. The number of carbonyl (C=O) groups is 1. The maximum atomic E-state index is 12.9. The number of amides is 2. The maximum absolute atomic E-state index is 12.9. The molecule has 2 atom stereocenters. The summed E-state index contributed by atoms with van der Waals surface area (Å²) in [4.78, 5) is 20.7. The minimum absolute atomic E-state index is 0.0130. The first kappa shape index (κ1) is 17.1. The Bertz CT molecular complexity index is 823. The number of hydrogen-bond donors (Lipinski definition) is 1. The van der Waals surface area contributed by atoms with Crippen molar-refractivity contribution in [1.29, 1.82) is 0 Å². The van der Waals surface area contributed by atoms with Gasteiger partial charge in [-0.1, -0.05) is 41.7 Å². The van der Waals surface area contributed by atoms with Crippen molar-refractivity contribution < 1.29 is 9.63 Å². The largest absolute Gasteiger partial charge is 0.344 e. The highest BCUT2D eigenvalue weighted by atomic mass is 32.1. The van der Waals surface area contributed by atoms with Crippen molar-refractivity contribution in [3.05, 3.63) is 45.9 Å². The Balaban J connectivity index is 1.26. The van der Waals surface area contributed by atoms with Gasteiger partial charge in [0, 0.05) is 18.5 Å². The first-order chi connectivity index (χ1) is 13.2. The van der Waals surface area contributed by atoms with Crippen LogP contribution in [-0.2, 0) is 11.4 Å². The second-order valence-corrected chi connectivity index (χ2v) is 8.71. The van der Waals surface area contributed by atoms with Gasteiger partial charge in [0.15, 0.2) is 0 Å². The van der Waals surface area contributed by atoms with Gasteiger partial charge in [-0.3, -0.25) is 4.84 Å². The highest BCUT2D eigenvalue weighted by molar-refractivity contribution is 7.11. The SMILES string of the molecule is NC1CC(c2nnc([C@@H]3CC[C@@H]4CN3C(=O)N4OCc3ccccc3)s2)C1. The van der Waals surface area contributed by atoms with E-state index < -0.39 is 0 Å². The number of benzene rings is 1. The van der Waals surface area contributed by atoms with Crippen LogP contribution in [0.1, 0.15) is 53.2 Å². The number of urea groups is 1. The lowest BCUT2D eigenvalue weighted by Crippen LogP contribution is -2.34. The second-order valence-electron chi connectivity index (χ2n) is 7.67. The van der Waals surface area contributed by atoms with Crippen LogP contribution in [0.4, 0.5) is 4.79 Å². The number of rotatable bonds is 5. The van der Waals surface area contributed by atoms with Crippen LogP contribution in [0.2, 0.25) is 0 Å². The van der Waals surface area contributed by atoms with Gasteiger partial charge in [0.25, 0.3) is 0 Å². The summed E-state index contributed by atoms with van der Waals surface area (Å²) in [6.45, 7) is 1.11. The van der Waals surface area contributed by atoms with Crippen molar-refractivity contribution in [2.24, 2.45) is 5.73 Å². The van der Waals surface area contributed by atoms with Crippen LogP contribution in [0.25, 0.3) is 0 Å². The standard InChI is InChI=1S/C19H23N5O2S/c20-14-8-13(9-14)17-21-22-18(27-17)16-7-6-15-10-23(16)19(25)24(15)26-11-12-4-2-1-3-5-12/h1-5,13-16H,6-11,20H2/t13?,14?,15-,16+/m1/s1. The zero-order valence-electron chi connectivity index (χ0n) is 15.0. The molecule has 8 heteroatoms. The maximum Gasteiger partial charge on any atom is 0.344 e. The highest BCUT2D eigenvalue weighted by Crippen LogP contribution is 2.42. The second kappa shape index (κ2) is 6.85. The molecule has 2 amide bonds. The number of fused-ring (bicyclic) bond motifs is 2. The molecule has 3 heterocycles. The topological polar surface area (TPSA) is 84.6 Å². The molecule has 1 aliphatic carbocycles. The Morgan fingerprint density at radius 1 is 1.15 bits per heavy atom. The highest BCUT2D eigenvalue weighted by Gasteiger charge is 2.47. The van der Waals surface area contributed by atoms with Gasteiger partial charge < -0.3 is 10.6 Å². The summed E-state index contributed by atoms with van der Waals surface area (Å²) in [5, 5.41) is 12.4. The van der Waals surface area contributed by atoms with E-state index in [2.05, 4.69) is 10.2 Å². The number of carbonyl (C=O) groups excluding carboxylic acids is 1. The average Bonchev–Trinajstić information content (AvgIpc) is 3.23. The van der Waals surface area contributed by atoms with Gasteiger partial charge in [0.05, 0.1) is 12.1 Å². The van der Waals surface area contributed by atoms with Crippen molar-refractivity contribution in [3.63, 3.8) is 0 Å². The van der Waals surface area contributed by atoms with Crippen LogP contribution >= 0.6 is 11.3 Å². The molecule has 2 bridgehead atoms. The summed E-state index contributed by atoms with van der Waals surface area (Å²) in [7, 11) is 0. The normalized spacial score (nSPS) is 29.9. The number of nitrogens with two attached hydrogens (primary N) is 1. The zero-order chi connectivity index (χ0) is 18.4. The van der Waals surface area contributed by atoms with E-state index in [1.807, 2.05) is 35.2 Å². The number of piperidine rings is 1. The number of hydrogen-bond acceptors (Lipinski definition) is 6. The third kappa shape index (κ3) is 3.11. The number of nitrogens with zero attached hydrogens (tertiary/aromatic N) is 4. The lowest BCUT2D eigenvalue weighted by molar-refractivity contribution is -0.140. The van der Waals surface area contributed by atoms with Gasteiger partial charge in [-0.25, -0.2) is 4.79 Å². The summed E-state index contributed by atoms with van der Waals surface area (Å²) in [6.07, 6.45) is 3.81. The van der Waals surface area contributed by atoms with Crippen molar-refractivity contribution in [3.8, 4) is 0 Å². The molecule has 27 heavy (non-hydrogen) atoms. The third-order valence-electron chi connectivity index (χ3n) is 5.80. The molecule has 1 aromatic heterocycles. The van der Waals surface area contributed by atoms with E-state index >= 15 is 0 Å². The van der Waals surface area contributed by atoms with Gasteiger partial charge in [-0.05, 0) is 31.2 Å². The fourth-order valence-electron chi connectivity index (χ4n) is 4.18. The molecular formula is C19H23N5O2S. The van der Waals surface area contributed by atoms with Crippen LogP contribution in [0, 0.1) is 0 Å². The van der Waals surface area contributed by atoms with Gasteiger partial charge in [-0.2, -0.15) is 5.06 Å². The Kier molecular flexibility index (Phi) is 4.34. The van der Waals surface area contributed by atoms with Crippen LogP contribution in [0.3, 0.4) is 0 Å². The summed E-state index contributed by atoms with van der Waals surface area (Å²) in [5.74, 6) is 0.447. The van der Waals surface area contributed by atoms with E-state index in [0.717, 1.165) is 41.3 Å². The first-order valence-electron chi connectivity index (χ1n) is 9.54. The fourth-order valence-corrected chi connectivity index (χ4v) is 5.30. The predicted octanol–water partition coefficient (Wildman–Crippen LogP) is 2.82. The molecule has 7 nitrogen and oxygen atoms in total. The van der Waals surface area contributed by atoms with Crippen molar-refractivity contribution in [1.82, 2.24) is 20.2 Å².